The molecule has 1 unspecified atom stereocenters. The number of hydrogen-bond donors (Lipinski definition) is 1. The van der Waals surface area contributed by atoms with E-state index in [1.54, 1.807) is 0 Å². The van der Waals surface area contributed by atoms with E-state index in [0.29, 0.717) is 0 Å². The molecule has 118 valence electrons. The van der Waals surface area contributed by atoms with Crippen molar-refractivity contribution in [3.8, 4) is 0 Å². The predicted octanol–water partition coefficient (Wildman–Crippen LogP) is 1.67. The van der Waals surface area contributed by atoms with Crippen LogP contribution >= 0.6 is 0 Å². The van der Waals surface area contributed by atoms with Gasteiger partial charge in [-0.25, -0.2) is 8.42 Å². The number of aryl methyl sites for hydroxylation is 1. The van der Waals surface area contributed by atoms with Crippen LogP contribution in [0.15, 0.2) is 24.3 Å². The second-order valence-electron chi connectivity index (χ2n) is 5.40. The van der Waals surface area contributed by atoms with E-state index in [1.807, 2.05) is 45.0 Å². The van der Waals surface area contributed by atoms with Crippen LogP contribution < -0.4 is 5.32 Å². The summed E-state index contributed by atoms with van der Waals surface area (Å²) in [6.07, 6.45) is 1.93. The van der Waals surface area contributed by atoms with E-state index in [2.05, 4.69) is 5.32 Å². The largest absolute Gasteiger partial charge is 0.353 e. The number of nitrogens with zero attached hydrogens (tertiary/aromatic N) is 1. The molecule has 1 aromatic carbocycles. The highest BCUT2D eigenvalue weighted by molar-refractivity contribution is 7.88. The quantitative estimate of drug-likeness (QED) is 0.833. The zero-order chi connectivity index (χ0) is 16.0. The number of carbonyl (C=O) groups excluding carboxylic acids is 1. The smallest absolute Gasteiger partial charge is 0.235 e. The highest BCUT2D eigenvalue weighted by Crippen LogP contribution is 2.10. The molecule has 0 fully saturated rings. The molecule has 1 aromatic rings. The zero-order valence-electron chi connectivity index (χ0n) is 13.1. The van der Waals surface area contributed by atoms with Crippen molar-refractivity contribution in [3.05, 3.63) is 35.4 Å². The third-order valence-electron chi connectivity index (χ3n) is 3.25. The van der Waals surface area contributed by atoms with E-state index in [-0.39, 0.29) is 25.0 Å². The standard InChI is InChI=1S/C15H24N2O3S/c1-5-13(3)16-15(18)11-17(21(4,19)20)10-14-8-6-7-12(2)9-14/h6-9,13H,5,10-11H2,1-4H3,(H,16,18). The Morgan fingerprint density at radius 2 is 2.05 bits per heavy atom. The fourth-order valence-corrected chi connectivity index (χ4v) is 2.62. The molecule has 0 heterocycles. The van der Waals surface area contributed by atoms with E-state index in [9.17, 15) is 13.2 Å². The third kappa shape index (κ3) is 6.27. The van der Waals surface area contributed by atoms with Gasteiger partial charge in [-0.3, -0.25) is 4.79 Å². The van der Waals surface area contributed by atoms with Crippen molar-refractivity contribution in [1.82, 2.24) is 9.62 Å². The maximum absolute atomic E-state index is 11.9. The summed E-state index contributed by atoms with van der Waals surface area (Å²) < 4.78 is 24.9. The fraction of sp³-hybridized carbons (Fsp3) is 0.533. The average molecular weight is 312 g/mol. The number of benzene rings is 1. The summed E-state index contributed by atoms with van der Waals surface area (Å²) >= 11 is 0. The minimum absolute atomic E-state index is 0.0397. The second kappa shape index (κ2) is 7.56. The van der Waals surface area contributed by atoms with E-state index in [1.165, 1.54) is 4.31 Å². The molecule has 1 rings (SSSR count). The maximum atomic E-state index is 11.9. The first kappa shape index (κ1) is 17.7. The highest BCUT2D eigenvalue weighted by atomic mass is 32.2. The summed E-state index contributed by atoms with van der Waals surface area (Å²) in [7, 11) is -3.44. The Morgan fingerprint density at radius 1 is 1.38 bits per heavy atom. The highest BCUT2D eigenvalue weighted by Gasteiger charge is 2.21. The van der Waals surface area contributed by atoms with Crippen LogP contribution in [0.3, 0.4) is 0 Å². The van der Waals surface area contributed by atoms with Gasteiger partial charge in [0.05, 0.1) is 12.8 Å². The Bertz CT molecular complexity index is 584. The first-order chi connectivity index (χ1) is 9.72. The van der Waals surface area contributed by atoms with Crippen LogP contribution in [-0.4, -0.2) is 37.5 Å². The van der Waals surface area contributed by atoms with Gasteiger partial charge in [-0.05, 0) is 25.8 Å². The Hall–Kier alpha value is -1.40. The molecule has 0 aliphatic heterocycles. The lowest BCUT2D eigenvalue weighted by atomic mass is 10.1. The summed E-state index contributed by atoms with van der Waals surface area (Å²) in [6.45, 7) is 5.85. The van der Waals surface area contributed by atoms with Gasteiger partial charge in [-0.15, -0.1) is 0 Å². The lowest BCUT2D eigenvalue weighted by Crippen LogP contribution is -2.42. The molecule has 0 bridgehead atoms. The van der Waals surface area contributed by atoms with Crippen LogP contribution in [0.25, 0.3) is 0 Å². The number of sulfonamides is 1. The van der Waals surface area contributed by atoms with Crippen LogP contribution in [0.5, 0.6) is 0 Å². The molecular formula is C15H24N2O3S. The maximum Gasteiger partial charge on any atom is 0.235 e. The van der Waals surface area contributed by atoms with Crippen LogP contribution in [0.2, 0.25) is 0 Å². The Morgan fingerprint density at radius 3 is 2.57 bits per heavy atom. The van der Waals surface area contributed by atoms with Gasteiger partial charge in [-0.2, -0.15) is 4.31 Å². The third-order valence-corrected chi connectivity index (χ3v) is 4.45. The molecule has 1 amide bonds. The summed E-state index contributed by atoms with van der Waals surface area (Å²) in [6, 6.07) is 7.65. The Kier molecular flexibility index (Phi) is 6.36. The summed E-state index contributed by atoms with van der Waals surface area (Å²) in [5, 5.41) is 2.78. The number of amides is 1. The van der Waals surface area contributed by atoms with Crippen molar-refractivity contribution in [2.75, 3.05) is 12.8 Å². The number of rotatable bonds is 7. The molecule has 0 spiro atoms. The van der Waals surface area contributed by atoms with Gasteiger partial charge in [0.15, 0.2) is 0 Å². The van der Waals surface area contributed by atoms with Gasteiger partial charge in [0, 0.05) is 12.6 Å². The van der Waals surface area contributed by atoms with Crippen molar-refractivity contribution in [1.29, 1.82) is 0 Å². The number of nitrogens with one attached hydrogen (secondary N) is 1. The fourth-order valence-electron chi connectivity index (χ4n) is 1.89. The molecule has 0 aliphatic carbocycles. The molecule has 21 heavy (non-hydrogen) atoms. The van der Waals surface area contributed by atoms with Crippen LogP contribution in [0.4, 0.5) is 0 Å². The van der Waals surface area contributed by atoms with Crippen molar-refractivity contribution in [2.24, 2.45) is 0 Å². The topological polar surface area (TPSA) is 66.5 Å². The minimum atomic E-state index is -3.44. The van der Waals surface area contributed by atoms with E-state index in [0.717, 1.165) is 23.8 Å². The SMILES string of the molecule is CCC(C)NC(=O)CN(Cc1cccc(C)c1)S(C)(=O)=O. The van der Waals surface area contributed by atoms with E-state index < -0.39 is 10.0 Å². The first-order valence-electron chi connectivity index (χ1n) is 7.02. The van der Waals surface area contributed by atoms with Gasteiger partial charge in [-0.1, -0.05) is 36.8 Å². The zero-order valence-corrected chi connectivity index (χ0v) is 13.9. The summed E-state index contributed by atoms with van der Waals surface area (Å²) in [5.41, 5.74) is 1.93. The second-order valence-corrected chi connectivity index (χ2v) is 7.38. The Balaban J connectivity index is 2.80. The van der Waals surface area contributed by atoms with Gasteiger partial charge < -0.3 is 5.32 Å². The van der Waals surface area contributed by atoms with E-state index >= 15 is 0 Å². The van der Waals surface area contributed by atoms with E-state index in [4.69, 9.17) is 0 Å². The molecule has 5 nitrogen and oxygen atoms in total. The first-order valence-corrected chi connectivity index (χ1v) is 8.87. The van der Waals surface area contributed by atoms with Gasteiger partial charge in [0.1, 0.15) is 0 Å². The molecule has 0 saturated carbocycles. The molecular weight excluding hydrogens is 288 g/mol. The van der Waals surface area contributed by atoms with Crippen molar-refractivity contribution < 1.29 is 13.2 Å². The van der Waals surface area contributed by atoms with Gasteiger partial charge >= 0.3 is 0 Å². The summed E-state index contributed by atoms with van der Waals surface area (Å²) in [4.78, 5) is 11.9. The molecule has 6 heteroatoms. The van der Waals surface area contributed by atoms with Crippen molar-refractivity contribution in [2.45, 2.75) is 39.8 Å². The lowest BCUT2D eigenvalue weighted by Gasteiger charge is -2.21. The number of carbonyl (C=O) groups is 1. The average Bonchev–Trinajstić information content (AvgIpc) is 2.36. The van der Waals surface area contributed by atoms with Crippen LogP contribution in [0, 0.1) is 6.92 Å². The van der Waals surface area contributed by atoms with Crippen molar-refractivity contribution >= 4 is 15.9 Å². The minimum Gasteiger partial charge on any atom is -0.353 e. The molecule has 1 N–H and O–H groups in total. The summed E-state index contributed by atoms with van der Waals surface area (Å²) in [5.74, 6) is -0.276. The molecule has 0 radical (unpaired) electrons. The van der Waals surface area contributed by atoms with Gasteiger partial charge in [0.25, 0.3) is 0 Å². The normalized spacial score (nSPS) is 13.2. The van der Waals surface area contributed by atoms with Gasteiger partial charge in [0.2, 0.25) is 15.9 Å². The molecule has 0 aromatic heterocycles. The molecule has 1 atom stereocenters. The van der Waals surface area contributed by atoms with Crippen molar-refractivity contribution in [3.63, 3.8) is 0 Å². The van der Waals surface area contributed by atoms with Crippen LogP contribution in [0.1, 0.15) is 31.4 Å². The Labute approximate surface area is 127 Å². The number of hydrogen-bond acceptors (Lipinski definition) is 3. The molecule has 0 aliphatic rings. The van der Waals surface area contributed by atoms with Crippen LogP contribution in [-0.2, 0) is 21.4 Å². The monoisotopic (exact) mass is 312 g/mol. The molecule has 0 saturated heterocycles. The predicted molar refractivity (Wildman–Crippen MR) is 84.3 cm³/mol. The lowest BCUT2D eigenvalue weighted by molar-refractivity contribution is -0.122.